The molecule has 0 saturated heterocycles. The molecule has 0 unspecified atom stereocenters. The number of thioether (sulfide) groups is 1. The summed E-state index contributed by atoms with van der Waals surface area (Å²) in [7, 11) is 0. The highest BCUT2D eigenvalue weighted by atomic mass is 35.5. The Morgan fingerprint density at radius 2 is 2.10 bits per heavy atom. The van der Waals surface area contributed by atoms with E-state index in [9.17, 15) is 9.59 Å². The first-order chi connectivity index (χ1) is 14.0. The molecule has 0 radical (unpaired) electrons. The van der Waals surface area contributed by atoms with Gasteiger partial charge < -0.3 is 5.32 Å². The van der Waals surface area contributed by atoms with Crippen LogP contribution in [-0.4, -0.2) is 27.8 Å². The van der Waals surface area contributed by atoms with Gasteiger partial charge in [-0.2, -0.15) is 0 Å². The average Bonchev–Trinajstić information content (AvgIpc) is 2.70. The van der Waals surface area contributed by atoms with Gasteiger partial charge in [-0.05, 0) is 42.7 Å². The SMILES string of the molecule is C=CCn1c(SCC(=O)NCCc2ccccc2C)nc2cc(Cl)ccc2c1=O. The number of carbonyl (C=O) groups excluding carboxylic acids is 1. The number of fused-ring (bicyclic) bond motifs is 1. The predicted molar refractivity (Wildman–Crippen MR) is 120 cm³/mol. The van der Waals surface area contributed by atoms with Gasteiger partial charge in [0.2, 0.25) is 5.91 Å². The van der Waals surface area contributed by atoms with E-state index in [1.807, 2.05) is 12.1 Å². The van der Waals surface area contributed by atoms with Gasteiger partial charge in [0.25, 0.3) is 5.56 Å². The zero-order chi connectivity index (χ0) is 20.8. The Kier molecular flexibility index (Phi) is 7.12. The van der Waals surface area contributed by atoms with Crippen molar-refractivity contribution in [3.8, 4) is 0 Å². The maximum Gasteiger partial charge on any atom is 0.262 e. The van der Waals surface area contributed by atoms with E-state index in [1.165, 1.54) is 27.5 Å². The van der Waals surface area contributed by atoms with Crippen molar-refractivity contribution >= 4 is 40.2 Å². The second-order valence-electron chi connectivity index (χ2n) is 6.58. The second-order valence-corrected chi connectivity index (χ2v) is 7.95. The summed E-state index contributed by atoms with van der Waals surface area (Å²) in [4.78, 5) is 29.6. The Balaban J connectivity index is 1.68. The summed E-state index contributed by atoms with van der Waals surface area (Å²) in [6.45, 7) is 6.65. The second kappa shape index (κ2) is 9.76. The normalized spacial score (nSPS) is 10.8. The van der Waals surface area contributed by atoms with Crippen molar-refractivity contribution in [1.82, 2.24) is 14.9 Å². The molecule has 1 amide bonds. The van der Waals surface area contributed by atoms with E-state index < -0.39 is 0 Å². The summed E-state index contributed by atoms with van der Waals surface area (Å²) >= 11 is 7.26. The van der Waals surface area contributed by atoms with Crippen molar-refractivity contribution in [3.05, 3.63) is 81.6 Å². The first-order valence-electron chi connectivity index (χ1n) is 9.24. The molecular formula is C22H22ClN3O2S. The van der Waals surface area contributed by atoms with Gasteiger partial charge in [0, 0.05) is 18.1 Å². The zero-order valence-electron chi connectivity index (χ0n) is 16.2. The highest BCUT2D eigenvalue weighted by Crippen LogP contribution is 2.20. The number of aromatic nitrogens is 2. The fourth-order valence-corrected chi connectivity index (χ4v) is 3.99. The van der Waals surface area contributed by atoms with Crippen molar-refractivity contribution < 1.29 is 4.79 Å². The van der Waals surface area contributed by atoms with Crippen molar-refractivity contribution in [3.63, 3.8) is 0 Å². The van der Waals surface area contributed by atoms with Crippen LogP contribution in [-0.2, 0) is 17.8 Å². The van der Waals surface area contributed by atoms with Gasteiger partial charge in [-0.1, -0.05) is 53.7 Å². The third kappa shape index (κ3) is 5.28. The van der Waals surface area contributed by atoms with Crippen LogP contribution in [0.4, 0.5) is 0 Å². The molecule has 2 aromatic carbocycles. The lowest BCUT2D eigenvalue weighted by Gasteiger charge is -2.12. The zero-order valence-corrected chi connectivity index (χ0v) is 17.7. The minimum atomic E-state index is -0.172. The summed E-state index contributed by atoms with van der Waals surface area (Å²) in [6, 6.07) is 13.1. The van der Waals surface area contributed by atoms with Gasteiger partial charge in [-0.15, -0.1) is 6.58 Å². The highest BCUT2D eigenvalue weighted by Gasteiger charge is 2.13. The van der Waals surface area contributed by atoms with Gasteiger partial charge in [0.05, 0.1) is 16.7 Å². The van der Waals surface area contributed by atoms with E-state index in [2.05, 4.69) is 35.9 Å². The van der Waals surface area contributed by atoms with Crippen LogP contribution in [0.3, 0.4) is 0 Å². The number of benzene rings is 2. The number of halogens is 1. The van der Waals surface area contributed by atoms with Crippen molar-refractivity contribution in [2.75, 3.05) is 12.3 Å². The number of carbonyl (C=O) groups is 1. The molecule has 0 aliphatic rings. The smallest absolute Gasteiger partial charge is 0.262 e. The van der Waals surface area contributed by atoms with E-state index in [4.69, 9.17) is 11.6 Å². The number of hydrogen-bond acceptors (Lipinski definition) is 4. The van der Waals surface area contributed by atoms with Crippen molar-refractivity contribution in [2.24, 2.45) is 0 Å². The molecule has 0 saturated carbocycles. The predicted octanol–water partition coefficient (Wildman–Crippen LogP) is 4.00. The van der Waals surface area contributed by atoms with E-state index in [1.54, 1.807) is 24.3 Å². The lowest BCUT2D eigenvalue weighted by molar-refractivity contribution is -0.118. The minimum absolute atomic E-state index is 0.103. The standard InChI is InChI=1S/C22H22ClN3O2S/c1-3-12-26-21(28)18-9-8-17(23)13-19(18)25-22(26)29-14-20(27)24-11-10-16-7-5-4-6-15(16)2/h3-9,13H,1,10-12,14H2,2H3,(H,24,27). The van der Waals surface area contributed by atoms with Crippen LogP contribution >= 0.6 is 23.4 Å². The van der Waals surface area contributed by atoms with Crippen LogP contribution in [0, 0.1) is 6.92 Å². The molecule has 150 valence electrons. The summed E-state index contributed by atoms with van der Waals surface area (Å²) in [5.41, 5.74) is 2.77. The molecule has 1 heterocycles. The monoisotopic (exact) mass is 427 g/mol. The van der Waals surface area contributed by atoms with Crippen LogP contribution < -0.4 is 10.9 Å². The fourth-order valence-electron chi connectivity index (χ4n) is 2.98. The largest absolute Gasteiger partial charge is 0.355 e. The molecule has 5 nitrogen and oxygen atoms in total. The van der Waals surface area contributed by atoms with Crippen LogP contribution in [0.15, 0.2) is 65.1 Å². The van der Waals surface area contributed by atoms with E-state index in [0.717, 1.165) is 6.42 Å². The van der Waals surface area contributed by atoms with Gasteiger partial charge >= 0.3 is 0 Å². The van der Waals surface area contributed by atoms with E-state index in [-0.39, 0.29) is 17.2 Å². The summed E-state index contributed by atoms with van der Waals surface area (Å²) in [6.07, 6.45) is 2.41. The number of aryl methyl sites for hydroxylation is 1. The molecule has 3 rings (SSSR count). The molecule has 7 heteroatoms. The van der Waals surface area contributed by atoms with Crippen molar-refractivity contribution in [1.29, 1.82) is 0 Å². The molecule has 0 aliphatic heterocycles. The number of amides is 1. The molecular weight excluding hydrogens is 406 g/mol. The summed E-state index contributed by atoms with van der Waals surface area (Å²) in [5, 5.41) is 4.39. The molecule has 0 fully saturated rings. The number of hydrogen-bond donors (Lipinski definition) is 1. The molecule has 1 aromatic heterocycles. The van der Waals surface area contributed by atoms with Gasteiger partial charge in [0.1, 0.15) is 0 Å². The number of rotatable bonds is 8. The van der Waals surface area contributed by atoms with Gasteiger partial charge in [-0.3, -0.25) is 14.2 Å². The Morgan fingerprint density at radius 1 is 1.31 bits per heavy atom. The third-order valence-corrected chi connectivity index (χ3v) is 5.72. The molecule has 0 spiro atoms. The van der Waals surface area contributed by atoms with Crippen LogP contribution in [0.2, 0.25) is 5.02 Å². The van der Waals surface area contributed by atoms with Crippen LogP contribution in [0.5, 0.6) is 0 Å². The van der Waals surface area contributed by atoms with Crippen LogP contribution in [0.1, 0.15) is 11.1 Å². The Hall–Kier alpha value is -2.57. The van der Waals surface area contributed by atoms with Crippen LogP contribution in [0.25, 0.3) is 10.9 Å². The molecule has 0 aliphatic carbocycles. The first kappa shape index (κ1) is 21.1. The minimum Gasteiger partial charge on any atom is -0.355 e. The number of nitrogens with zero attached hydrogens (tertiary/aromatic N) is 2. The summed E-state index contributed by atoms with van der Waals surface area (Å²) in [5.74, 6) is 0.0675. The highest BCUT2D eigenvalue weighted by molar-refractivity contribution is 7.99. The molecule has 0 bridgehead atoms. The number of allylic oxidation sites excluding steroid dienone is 1. The first-order valence-corrected chi connectivity index (χ1v) is 10.6. The molecule has 3 aromatic rings. The lowest BCUT2D eigenvalue weighted by atomic mass is 10.1. The fraction of sp³-hybridized carbons (Fsp3) is 0.227. The third-order valence-electron chi connectivity index (χ3n) is 4.50. The topological polar surface area (TPSA) is 64.0 Å². The summed E-state index contributed by atoms with van der Waals surface area (Å²) < 4.78 is 1.52. The quantitative estimate of drug-likeness (QED) is 0.335. The maximum atomic E-state index is 12.8. The molecule has 0 atom stereocenters. The Bertz CT molecular complexity index is 1110. The Morgan fingerprint density at radius 3 is 2.86 bits per heavy atom. The van der Waals surface area contributed by atoms with E-state index in [0.29, 0.717) is 34.2 Å². The molecule has 1 N–H and O–H groups in total. The Labute approximate surface area is 178 Å². The van der Waals surface area contributed by atoms with Gasteiger partial charge in [-0.25, -0.2) is 4.98 Å². The van der Waals surface area contributed by atoms with Gasteiger partial charge in [0.15, 0.2) is 5.16 Å². The maximum absolute atomic E-state index is 12.8. The van der Waals surface area contributed by atoms with Crippen molar-refractivity contribution in [2.45, 2.75) is 25.0 Å². The average molecular weight is 428 g/mol. The van der Waals surface area contributed by atoms with E-state index >= 15 is 0 Å². The number of nitrogens with one attached hydrogen (secondary N) is 1. The molecule has 29 heavy (non-hydrogen) atoms. The lowest BCUT2D eigenvalue weighted by Crippen LogP contribution is -2.28.